The van der Waals surface area contributed by atoms with Crippen molar-refractivity contribution in [3.63, 3.8) is 0 Å². The lowest BCUT2D eigenvalue weighted by molar-refractivity contribution is -0.103. The summed E-state index contributed by atoms with van der Waals surface area (Å²) in [7, 11) is -2.17. The van der Waals surface area contributed by atoms with Gasteiger partial charge in [-0.1, -0.05) is 0 Å². The summed E-state index contributed by atoms with van der Waals surface area (Å²) < 4.78 is 41.0. The zero-order chi connectivity index (χ0) is 11.7. The van der Waals surface area contributed by atoms with Gasteiger partial charge in [0.1, 0.15) is 0 Å². The molecule has 0 amide bonds. The quantitative estimate of drug-likeness (QED) is 0.322. The normalized spacial score (nSPS) is 14.1. The lowest BCUT2D eigenvalue weighted by Gasteiger charge is -2.14. The molecule has 0 saturated heterocycles. The van der Waals surface area contributed by atoms with Gasteiger partial charge < -0.3 is 14.2 Å². The van der Waals surface area contributed by atoms with Crippen molar-refractivity contribution in [2.75, 3.05) is 39.8 Å². The summed E-state index contributed by atoms with van der Waals surface area (Å²) in [6, 6.07) is 0. The lowest BCUT2D eigenvalue weighted by atomic mass is 10.6. The van der Waals surface area contributed by atoms with Crippen LogP contribution in [-0.4, -0.2) is 54.5 Å². The highest BCUT2D eigenvalue weighted by Gasteiger charge is 2.14. The van der Waals surface area contributed by atoms with Crippen LogP contribution >= 0.6 is 0 Å². The second kappa shape index (κ2) is 8.00. The van der Waals surface area contributed by atoms with Crippen LogP contribution in [0, 0.1) is 0 Å². The van der Waals surface area contributed by atoms with Gasteiger partial charge in [0.2, 0.25) is 0 Å². The smallest absolute Gasteiger partial charge is 0.266 e. The van der Waals surface area contributed by atoms with E-state index in [0.29, 0.717) is 19.8 Å². The van der Waals surface area contributed by atoms with Gasteiger partial charge in [0.05, 0.1) is 26.1 Å². The molecule has 0 radical (unpaired) electrons. The fourth-order valence-corrected chi connectivity index (χ4v) is 1.30. The summed E-state index contributed by atoms with van der Waals surface area (Å²) in [6.45, 7) is 3.39. The Morgan fingerprint density at radius 1 is 1.20 bits per heavy atom. The molecule has 1 atom stereocenters. The van der Waals surface area contributed by atoms with Crippen LogP contribution in [0.15, 0.2) is 0 Å². The van der Waals surface area contributed by atoms with Crippen molar-refractivity contribution in [2.45, 2.75) is 13.2 Å². The van der Waals surface area contributed by atoms with Crippen LogP contribution < -0.4 is 0 Å². The van der Waals surface area contributed by atoms with Crippen LogP contribution in [0.3, 0.4) is 0 Å². The third kappa shape index (κ3) is 10.1. The predicted octanol–water partition coefficient (Wildman–Crippen LogP) is -0.0118. The maximum absolute atomic E-state index is 10.8. The standard InChI is InChI=1S/C8H18O6S/c1-4-12-5-6-13-7-8(11-2)14-15(3,9)10/h8H,4-7H2,1-3H3. The first-order chi connectivity index (χ1) is 6.99. The Balaban J connectivity index is 3.62. The van der Waals surface area contributed by atoms with Crippen LogP contribution in [0.25, 0.3) is 0 Å². The molecule has 6 nitrogen and oxygen atoms in total. The summed E-state index contributed by atoms with van der Waals surface area (Å²) in [6.07, 6.45) is 0.0563. The highest BCUT2D eigenvalue weighted by molar-refractivity contribution is 7.86. The second-order valence-corrected chi connectivity index (χ2v) is 4.34. The molecular weight excluding hydrogens is 224 g/mol. The van der Waals surface area contributed by atoms with E-state index < -0.39 is 16.4 Å². The van der Waals surface area contributed by atoms with Crippen LogP contribution in [0.5, 0.6) is 0 Å². The molecule has 0 aliphatic carbocycles. The molecule has 0 aromatic rings. The van der Waals surface area contributed by atoms with Gasteiger partial charge in [0.25, 0.3) is 10.1 Å². The fourth-order valence-electron chi connectivity index (χ4n) is 0.772. The van der Waals surface area contributed by atoms with Crippen molar-refractivity contribution < 1.29 is 26.8 Å². The van der Waals surface area contributed by atoms with Gasteiger partial charge in [-0.05, 0) is 6.92 Å². The second-order valence-electron chi connectivity index (χ2n) is 2.74. The van der Waals surface area contributed by atoms with Crippen LogP contribution in [-0.2, 0) is 28.5 Å². The number of methoxy groups -OCH3 is 1. The van der Waals surface area contributed by atoms with E-state index in [4.69, 9.17) is 14.2 Å². The zero-order valence-corrected chi connectivity index (χ0v) is 10.1. The Morgan fingerprint density at radius 3 is 2.27 bits per heavy atom. The minimum absolute atomic E-state index is 0.0522. The van der Waals surface area contributed by atoms with E-state index in [9.17, 15) is 8.42 Å². The van der Waals surface area contributed by atoms with Crippen molar-refractivity contribution in [3.05, 3.63) is 0 Å². The van der Waals surface area contributed by atoms with E-state index in [2.05, 4.69) is 4.18 Å². The van der Waals surface area contributed by atoms with Crippen LogP contribution in [0.4, 0.5) is 0 Å². The molecule has 0 aromatic carbocycles. The molecule has 7 heteroatoms. The van der Waals surface area contributed by atoms with Gasteiger partial charge in [-0.3, -0.25) is 0 Å². The lowest BCUT2D eigenvalue weighted by Crippen LogP contribution is -2.25. The summed E-state index contributed by atoms with van der Waals surface area (Å²) in [5, 5.41) is 0. The maximum Gasteiger partial charge on any atom is 0.266 e. The molecule has 0 aliphatic heterocycles. The first kappa shape index (κ1) is 14.8. The maximum atomic E-state index is 10.8. The summed E-state index contributed by atoms with van der Waals surface area (Å²) >= 11 is 0. The minimum Gasteiger partial charge on any atom is -0.379 e. The highest BCUT2D eigenvalue weighted by Crippen LogP contribution is 1.99. The van der Waals surface area contributed by atoms with Crippen molar-refractivity contribution in [1.29, 1.82) is 0 Å². The molecule has 0 N–H and O–H groups in total. The first-order valence-electron chi connectivity index (χ1n) is 4.56. The number of hydrogen-bond acceptors (Lipinski definition) is 6. The summed E-state index contributed by atoms with van der Waals surface area (Å²) in [5.74, 6) is 0. The minimum atomic E-state index is -3.52. The van der Waals surface area contributed by atoms with Gasteiger partial charge in [0, 0.05) is 13.7 Å². The number of hydrogen-bond donors (Lipinski definition) is 0. The summed E-state index contributed by atoms with van der Waals surface area (Å²) in [5.41, 5.74) is 0. The molecule has 0 spiro atoms. The van der Waals surface area contributed by atoms with Gasteiger partial charge in [-0.2, -0.15) is 8.42 Å². The van der Waals surface area contributed by atoms with E-state index in [0.717, 1.165) is 6.26 Å². The SMILES string of the molecule is CCOCCOCC(OC)OS(C)(=O)=O. The molecule has 0 fully saturated rings. The summed E-state index contributed by atoms with van der Waals surface area (Å²) in [4.78, 5) is 0. The monoisotopic (exact) mass is 242 g/mol. The number of rotatable bonds is 9. The Hall–Kier alpha value is -0.210. The molecule has 0 aliphatic rings. The molecular formula is C8H18O6S. The molecule has 92 valence electrons. The molecule has 0 bridgehead atoms. The average molecular weight is 242 g/mol. The van der Waals surface area contributed by atoms with Gasteiger partial charge in [-0.15, -0.1) is 0 Å². The van der Waals surface area contributed by atoms with Gasteiger partial charge >= 0.3 is 0 Å². The fraction of sp³-hybridized carbons (Fsp3) is 1.00. The third-order valence-corrected chi connectivity index (χ3v) is 1.94. The molecule has 0 heterocycles. The largest absolute Gasteiger partial charge is 0.379 e. The Labute approximate surface area is 90.6 Å². The van der Waals surface area contributed by atoms with E-state index >= 15 is 0 Å². The van der Waals surface area contributed by atoms with Crippen LogP contribution in [0.2, 0.25) is 0 Å². The van der Waals surface area contributed by atoms with E-state index in [1.807, 2.05) is 6.92 Å². The number of ether oxygens (including phenoxy) is 3. The highest BCUT2D eigenvalue weighted by atomic mass is 32.2. The van der Waals surface area contributed by atoms with Crippen molar-refractivity contribution in [2.24, 2.45) is 0 Å². The first-order valence-corrected chi connectivity index (χ1v) is 6.37. The van der Waals surface area contributed by atoms with Gasteiger partial charge in [-0.25, -0.2) is 4.18 Å². The van der Waals surface area contributed by atoms with Crippen molar-refractivity contribution >= 4 is 10.1 Å². The molecule has 1 unspecified atom stereocenters. The molecule has 15 heavy (non-hydrogen) atoms. The van der Waals surface area contributed by atoms with E-state index in [-0.39, 0.29) is 6.61 Å². The Kier molecular flexibility index (Phi) is 7.89. The molecule has 0 rings (SSSR count). The van der Waals surface area contributed by atoms with Crippen LogP contribution in [0.1, 0.15) is 6.92 Å². The topological polar surface area (TPSA) is 71.1 Å². The van der Waals surface area contributed by atoms with Gasteiger partial charge in [0.15, 0.2) is 6.29 Å². The van der Waals surface area contributed by atoms with E-state index in [1.165, 1.54) is 7.11 Å². The van der Waals surface area contributed by atoms with E-state index in [1.54, 1.807) is 0 Å². The third-order valence-electron chi connectivity index (χ3n) is 1.38. The average Bonchev–Trinajstić information content (AvgIpc) is 2.14. The predicted molar refractivity (Wildman–Crippen MR) is 54.0 cm³/mol. The zero-order valence-electron chi connectivity index (χ0n) is 9.26. The van der Waals surface area contributed by atoms with Crippen molar-refractivity contribution in [3.8, 4) is 0 Å². The Bertz CT molecular complexity index is 238. The molecule has 0 saturated carbocycles. The van der Waals surface area contributed by atoms with Crippen molar-refractivity contribution in [1.82, 2.24) is 0 Å². The Morgan fingerprint density at radius 2 is 1.80 bits per heavy atom. The molecule has 0 aromatic heterocycles.